The molecule has 1 aromatic heterocycles. The Labute approximate surface area is 179 Å². The van der Waals surface area contributed by atoms with E-state index in [1.54, 1.807) is 31.4 Å². The Morgan fingerprint density at radius 1 is 1.27 bits per heavy atom. The van der Waals surface area contributed by atoms with Crippen LogP contribution in [0.2, 0.25) is 0 Å². The van der Waals surface area contributed by atoms with Gasteiger partial charge in [-0.25, -0.2) is 9.37 Å². The number of rotatable bonds is 7. The highest BCUT2D eigenvalue weighted by molar-refractivity contribution is 7.85. The zero-order chi connectivity index (χ0) is 21.3. The maximum Gasteiger partial charge on any atom is 0.219 e. The summed E-state index contributed by atoms with van der Waals surface area (Å²) in [5.41, 5.74) is 0.984. The highest BCUT2D eigenvalue weighted by Gasteiger charge is 2.26. The molecule has 1 aromatic carbocycles. The van der Waals surface area contributed by atoms with Gasteiger partial charge in [0.1, 0.15) is 11.6 Å². The molecule has 1 saturated carbocycles. The number of aromatic nitrogens is 1. The Morgan fingerprint density at radius 2 is 2.07 bits per heavy atom. The first-order valence-corrected chi connectivity index (χ1v) is 11.7. The minimum atomic E-state index is -0.742. The molecule has 1 fully saturated rings. The zero-order valence-corrected chi connectivity index (χ0v) is 18.3. The molecule has 1 aliphatic rings. The normalized spacial score (nSPS) is 20.4. The lowest BCUT2D eigenvalue weighted by Gasteiger charge is -2.30. The average molecular weight is 433 g/mol. The fraction of sp³-hybridized carbons (Fsp3) is 0.455. The number of ether oxygens (including phenoxy) is 1. The molecule has 30 heavy (non-hydrogen) atoms. The van der Waals surface area contributed by atoms with Crippen molar-refractivity contribution in [2.24, 2.45) is 4.99 Å². The predicted octanol–water partition coefficient (Wildman–Crippen LogP) is 3.76. The molecule has 0 saturated heterocycles. The number of guanidine groups is 1. The van der Waals surface area contributed by atoms with Crippen molar-refractivity contribution in [3.8, 4) is 11.6 Å². The lowest BCUT2D eigenvalue weighted by molar-refractivity contribution is 0.413. The van der Waals surface area contributed by atoms with E-state index in [2.05, 4.69) is 20.6 Å². The number of benzene rings is 1. The van der Waals surface area contributed by atoms with E-state index in [-0.39, 0.29) is 17.1 Å². The maximum atomic E-state index is 13.0. The van der Waals surface area contributed by atoms with Crippen molar-refractivity contribution in [3.63, 3.8) is 0 Å². The molecule has 3 atom stereocenters. The number of aliphatic imine (C=N–C) groups is 1. The molecule has 8 heteroatoms. The first-order valence-electron chi connectivity index (χ1n) is 10.3. The van der Waals surface area contributed by atoms with E-state index in [1.807, 2.05) is 13.0 Å². The molecule has 0 aliphatic heterocycles. The van der Waals surface area contributed by atoms with E-state index < -0.39 is 10.8 Å². The molecule has 1 heterocycles. The number of nitrogens with zero attached hydrogens (tertiary/aromatic N) is 2. The van der Waals surface area contributed by atoms with Gasteiger partial charge >= 0.3 is 0 Å². The van der Waals surface area contributed by atoms with Gasteiger partial charge in [0.15, 0.2) is 5.96 Å². The number of pyridine rings is 1. The van der Waals surface area contributed by atoms with Crippen LogP contribution >= 0.6 is 0 Å². The molecule has 162 valence electrons. The monoisotopic (exact) mass is 432 g/mol. The van der Waals surface area contributed by atoms with E-state index in [1.165, 1.54) is 12.1 Å². The molecule has 2 N–H and O–H groups in total. The second-order valence-electron chi connectivity index (χ2n) is 7.29. The first kappa shape index (κ1) is 22.2. The largest absolute Gasteiger partial charge is 0.439 e. The van der Waals surface area contributed by atoms with Crippen molar-refractivity contribution >= 4 is 16.8 Å². The lowest BCUT2D eigenvalue weighted by atomic mass is 9.95. The number of hydrogen-bond donors (Lipinski definition) is 2. The van der Waals surface area contributed by atoms with Crippen LogP contribution in [-0.4, -0.2) is 39.2 Å². The van der Waals surface area contributed by atoms with Crippen LogP contribution in [0.15, 0.2) is 47.6 Å². The molecule has 0 amide bonds. The lowest BCUT2D eigenvalue weighted by Crippen LogP contribution is -2.46. The Hall–Kier alpha value is -2.48. The number of hydrogen-bond acceptors (Lipinski definition) is 4. The van der Waals surface area contributed by atoms with Crippen LogP contribution < -0.4 is 15.4 Å². The van der Waals surface area contributed by atoms with Crippen LogP contribution in [0.1, 0.15) is 38.2 Å². The Bertz CT molecular complexity index is 858. The van der Waals surface area contributed by atoms with Gasteiger partial charge in [0.05, 0.1) is 0 Å². The van der Waals surface area contributed by atoms with E-state index >= 15 is 0 Å². The predicted molar refractivity (Wildman–Crippen MR) is 119 cm³/mol. The van der Waals surface area contributed by atoms with Crippen molar-refractivity contribution in [1.29, 1.82) is 0 Å². The molecule has 0 bridgehead atoms. The topological polar surface area (TPSA) is 75.6 Å². The van der Waals surface area contributed by atoms with Gasteiger partial charge in [-0.1, -0.05) is 19.4 Å². The third-order valence-electron chi connectivity index (χ3n) is 5.14. The van der Waals surface area contributed by atoms with Crippen LogP contribution in [0, 0.1) is 5.82 Å². The molecule has 3 unspecified atom stereocenters. The van der Waals surface area contributed by atoms with E-state index in [0.717, 1.165) is 43.0 Å². The van der Waals surface area contributed by atoms with Crippen molar-refractivity contribution in [2.45, 2.75) is 50.4 Å². The van der Waals surface area contributed by atoms with Crippen molar-refractivity contribution in [3.05, 3.63) is 54.0 Å². The summed E-state index contributed by atoms with van der Waals surface area (Å²) < 4.78 is 30.7. The molecular weight excluding hydrogens is 403 g/mol. The molecule has 2 aromatic rings. The van der Waals surface area contributed by atoms with Gasteiger partial charge in [0, 0.05) is 53.7 Å². The van der Waals surface area contributed by atoms with Crippen LogP contribution in [-0.2, 0) is 17.3 Å². The zero-order valence-electron chi connectivity index (χ0n) is 17.4. The molecule has 0 radical (unpaired) electrons. The van der Waals surface area contributed by atoms with Gasteiger partial charge in [-0.2, -0.15) is 0 Å². The SMILES string of the molecule is CCS(=O)C1CCCC(NC(=NC)NCc2ccc(Oc3ccc(F)cc3)nc2)C1. The smallest absolute Gasteiger partial charge is 0.219 e. The van der Waals surface area contributed by atoms with Crippen LogP contribution in [0.3, 0.4) is 0 Å². The van der Waals surface area contributed by atoms with Gasteiger partial charge in [0.2, 0.25) is 5.88 Å². The quantitative estimate of drug-likeness (QED) is 0.515. The highest BCUT2D eigenvalue weighted by atomic mass is 32.2. The minimum Gasteiger partial charge on any atom is -0.439 e. The minimum absolute atomic E-state index is 0.275. The van der Waals surface area contributed by atoms with Gasteiger partial charge in [0.25, 0.3) is 0 Å². The second-order valence-corrected chi connectivity index (χ2v) is 9.29. The summed E-state index contributed by atoms with van der Waals surface area (Å²) in [5, 5.41) is 7.04. The van der Waals surface area contributed by atoms with Crippen molar-refractivity contribution in [1.82, 2.24) is 15.6 Å². The summed E-state index contributed by atoms with van der Waals surface area (Å²) in [5.74, 6) is 2.13. The molecular formula is C22H29FN4O2S. The fourth-order valence-electron chi connectivity index (χ4n) is 3.52. The van der Waals surface area contributed by atoms with Gasteiger partial charge in [-0.05, 0) is 49.1 Å². The van der Waals surface area contributed by atoms with Gasteiger partial charge in [-0.15, -0.1) is 0 Å². The third kappa shape index (κ3) is 6.52. The van der Waals surface area contributed by atoms with E-state index in [4.69, 9.17) is 4.74 Å². The van der Waals surface area contributed by atoms with Gasteiger partial charge in [-0.3, -0.25) is 9.20 Å². The van der Waals surface area contributed by atoms with E-state index in [9.17, 15) is 8.60 Å². The summed E-state index contributed by atoms with van der Waals surface area (Å²) in [6.07, 6.45) is 5.85. The molecule has 3 rings (SSSR count). The summed E-state index contributed by atoms with van der Waals surface area (Å²) in [4.78, 5) is 8.62. The van der Waals surface area contributed by atoms with Crippen LogP contribution in [0.25, 0.3) is 0 Å². The standard InChI is InChI=1S/C22H29FN4O2S/c1-3-30(28)20-6-4-5-18(13-20)27-22(24-2)26-15-16-7-12-21(25-14-16)29-19-10-8-17(23)9-11-19/h7-12,14,18,20H,3-6,13,15H2,1-2H3,(H2,24,26,27). The third-order valence-corrected chi connectivity index (χ3v) is 6.88. The Kier molecular flexibility index (Phi) is 8.19. The summed E-state index contributed by atoms with van der Waals surface area (Å²) in [6.45, 7) is 2.55. The second kappa shape index (κ2) is 11.1. The van der Waals surface area contributed by atoms with Gasteiger partial charge < -0.3 is 15.4 Å². The fourth-order valence-corrected chi connectivity index (χ4v) is 4.87. The van der Waals surface area contributed by atoms with Crippen LogP contribution in [0.5, 0.6) is 11.6 Å². The van der Waals surface area contributed by atoms with Crippen LogP contribution in [0.4, 0.5) is 4.39 Å². The highest BCUT2D eigenvalue weighted by Crippen LogP contribution is 2.23. The Balaban J connectivity index is 1.48. The first-order chi connectivity index (χ1) is 14.6. The van der Waals surface area contributed by atoms with Crippen molar-refractivity contribution in [2.75, 3.05) is 12.8 Å². The summed E-state index contributed by atoms with van der Waals surface area (Å²) in [6, 6.07) is 9.81. The summed E-state index contributed by atoms with van der Waals surface area (Å²) in [7, 11) is 1.01. The number of halogens is 1. The van der Waals surface area contributed by atoms with Crippen molar-refractivity contribution < 1.29 is 13.3 Å². The number of nitrogens with one attached hydrogen (secondary N) is 2. The van der Waals surface area contributed by atoms with E-state index in [0.29, 0.717) is 18.2 Å². The summed E-state index contributed by atoms with van der Waals surface area (Å²) >= 11 is 0. The maximum absolute atomic E-state index is 13.0. The molecule has 1 aliphatic carbocycles. The Morgan fingerprint density at radius 3 is 2.73 bits per heavy atom. The molecule has 0 spiro atoms. The molecule has 6 nitrogen and oxygen atoms in total. The average Bonchev–Trinajstić information content (AvgIpc) is 2.78.